The molecule has 1 heterocycles. The summed E-state index contributed by atoms with van der Waals surface area (Å²) in [6, 6.07) is 0. The van der Waals surface area contributed by atoms with E-state index < -0.39 is 6.23 Å². The van der Waals surface area contributed by atoms with Gasteiger partial charge in [-0.05, 0) is 24.7 Å². The largest absolute Gasteiger partial charge is 0.381 e. The Morgan fingerprint density at radius 3 is 2.55 bits per heavy atom. The summed E-state index contributed by atoms with van der Waals surface area (Å²) in [4.78, 5) is 0. The zero-order chi connectivity index (χ0) is 8.32. The number of aliphatic hydroxyl groups excluding tert-OH is 1. The van der Waals surface area contributed by atoms with E-state index in [9.17, 15) is 0 Å². The molecule has 66 valence electrons. The van der Waals surface area contributed by atoms with E-state index in [1.54, 1.807) is 0 Å². The second kappa shape index (κ2) is 3.52. The first-order valence-corrected chi connectivity index (χ1v) is 4.14. The molecule has 1 atom stereocenters. The molecule has 1 saturated heterocycles. The van der Waals surface area contributed by atoms with Gasteiger partial charge in [0, 0.05) is 13.2 Å². The Kier molecular flexibility index (Phi) is 2.87. The van der Waals surface area contributed by atoms with E-state index in [-0.39, 0.29) is 5.41 Å². The first-order valence-electron chi connectivity index (χ1n) is 4.14. The van der Waals surface area contributed by atoms with Crippen molar-refractivity contribution in [3.63, 3.8) is 0 Å². The second-order valence-corrected chi connectivity index (χ2v) is 3.69. The van der Waals surface area contributed by atoms with Gasteiger partial charge in [-0.1, -0.05) is 6.92 Å². The zero-order valence-electron chi connectivity index (χ0n) is 7.05. The Morgan fingerprint density at radius 1 is 1.55 bits per heavy atom. The number of nitrogens with two attached hydrogens (primary N) is 1. The Hall–Kier alpha value is -0.120. The standard InChI is InChI=1S/C8H17NO2/c1-8(6-7(9)10)2-4-11-5-3-8/h7,10H,2-6,9H2,1H3. The molecule has 1 rings (SSSR count). The molecule has 0 aromatic heterocycles. The number of hydrogen-bond donors (Lipinski definition) is 2. The average molecular weight is 159 g/mol. The Morgan fingerprint density at radius 2 is 2.09 bits per heavy atom. The predicted molar refractivity (Wildman–Crippen MR) is 43.0 cm³/mol. The fourth-order valence-electron chi connectivity index (χ4n) is 1.57. The first kappa shape index (κ1) is 8.97. The first-order chi connectivity index (χ1) is 5.12. The van der Waals surface area contributed by atoms with Crippen molar-refractivity contribution in [2.45, 2.75) is 32.4 Å². The summed E-state index contributed by atoms with van der Waals surface area (Å²) < 4.78 is 5.22. The molecule has 1 aliphatic heterocycles. The monoisotopic (exact) mass is 159 g/mol. The maximum Gasteiger partial charge on any atom is 0.102 e. The van der Waals surface area contributed by atoms with Crippen molar-refractivity contribution in [1.29, 1.82) is 0 Å². The van der Waals surface area contributed by atoms with Crippen molar-refractivity contribution in [3.8, 4) is 0 Å². The number of rotatable bonds is 2. The summed E-state index contributed by atoms with van der Waals surface area (Å²) in [6.45, 7) is 3.78. The fourth-order valence-corrected chi connectivity index (χ4v) is 1.57. The van der Waals surface area contributed by atoms with Crippen LogP contribution in [-0.2, 0) is 4.74 Å². The molecular formula is C8H17NO2. The summed E-state index contributed by atoms with van der Waals surface area (Å²) in [5.41, 5.74) is 5.52. The molecule has 3 nitrogen and oxygen atoms in total. The van der Waals surface area contributed by atoms with Crippen LogP contribution in [0.25, 0.3) is 0 Å². The minimum Gasteiger partial charge on any atom is -0.381 e. The van der Waals surface area contributed by atoms with E-state index in [4.69, 9.17) is 15.6 Å². The molecule has 3 N–H and O–H groups in total. The Labute approximate surface area is 67.5 Å². The molecule has 11 heavy (non-hydrogen) atoms. The number of aliphatic hydroxyl groups is 1. The van der Waals surface area contributed by atoms with Gasteiger partial charge in [0.15, 0.2) is 0 Å². The molecule has 0 bridgehead atoms. The van der Waals surface area contributed by atoms with E-state index in [2.05, 4.69) is 6.92 Å². The molecule has 0 aliphatic carbocycles. The van der Waals surface area contributed by atoms with Crippen LogP contribution < -0.4 is 5.73 Å². The van der Waals surface area contributed by atoms with Gasteiger partial charge >= 0.3 is 0 Å². The van der Waals surface area contributed by atoms with Gasteiger partial charge in [-0.15, -0.1) is 0 Å². The molecule has 0 aromatic carbocycles. The van der Waals surface area contributed by atoms with Crippen molar-refractivity contribution >= 4 is 0 Å². The lowest BCUT2D eigenvalue weighted by Gasteiger charge is -2.34. The highest BCUT2D eigenvalue weighted by molar-refractivity contribution is 4.78. The van der Waals surface area contributed by atoms with Crippen LogP contribution in [0.5, 0.6) is 0 Å². The van der Waals surface area contributed by atoms with Crippen LogP contribution in [0.2, 0.25) is 0 Å². The summed E-state index contributed by atoms with van der Waals surface area (Å²) >= 11 is 0. The van der Waals surface area contributed by atoms with Crippen molar-refractivity contribution in [2.24, 2.45) is 11.1 Å². The van der Waals surface area contributed by atoms with Crippen LogP contribution in [0.1, 0.15) is 26.2 Å². The highest BCUT2D eigenvalue weighted by atomic mass is 16.5. The van der Waals surface area contributed by atoms with Crippen LogP contribution in [0, 0.1) is 5.41 Å². The fraction of sp³-hybridized carbons (Fsp3) is 1.00. The van der Waals surface area contributed by atoms with Gasteiger partial charge in [-0.2, -0.15) is 0 Å². The van der Waals surface area contributed by atoms with Gasteiger partial charge in [0.05, 0.1) is 0 Å². The maximum absolute atomic E-state index is 9.01. The van der Waals surface area contributed by atoms with E-state index in [0.29, 0.717) is 6.42 Å². The van der Waals surface area contributed by atoms with Gasteiger partial charge < -0.3 is 15.6 Å². The average Bonchev–Trinajstić information content (AvgIpc) is 1.85. The lowest BCUT2D eigenvalue weighted by Crippen LogP contribution is -2.33. The summed E-state index contributed by atoms with van der Waals surface area (Å²) in [6.07, 6.45) is 2.05. The van der Waals surface area contributed by atoms with Gasteiger partial charge in [0.25, 0.3) is 0 Å². The summed E-state index contributed by atoms with van der Waals surface area (Å²) in [5, 5.41) is 9.01. The molecular weight excluding hydrogens is 142 g/mol. The van der Waals surface area contributed by atoms with Crippen molar-refractivity contribution in [2.75, 3.05) is 13.2 Å². The molecule has 1 fully saturated rings. The van der Waals surface area contributed by atoms with Crippen molar-refractivity contribution in [1.82, 2.24) is 0 Å². The third-order valence-electron chi connectivity index (χ3n) is 2.40. The van der Waals surface area contributed by atoms with E-state index in [1.807, 2.05) is 0 Å². The highest BCUT2D eigenvalue weighted by Gasteiger charge is 2.28. The molecule has 3 heteroatoms. The van der Waals surface area contributed by atoms with Gasteiger partial charge in [0.1, 0.15) is 6.23 Å². The molecule has 1 aliphatic rings. The topological polar surface area (TPSA) is 55.5 Å². The molecule has 0 saturated carbocycles. The predicted octanol–water partition coefficient (Wildman–Crippen LogP) is 0.470. The third kappa shape index (κ3) is 2.77. The summed E-state index contributed by atoms with van der Waals surface area (Å²) in [5.74, 6) is 0. The second-order valence-electron chi connectivity index (χ2n) is 3.69. The number of ether oxygens (including phenoxy) is 1. The Bertz CT molecular complexity index is 119. The van der Waals surface area contributed by atoms with E-state index in [0.717, 1.165) is 26.1 Å². The van der Waals surface area contributed by atoms with Crippen LogP contribution in [0.3, 0.4) is 0 Å². The van der Waals surface area contributed by atoms with Gasteiger partial charge in [-0.25, -0.2) is 0 Å². The quantitative estimate of drug-likeness (QED) is 0.576. The molecule has 0 spiro atoms. The molecule has 0 aromatic rings. The Balaban J connectivity index is 2.37. The summed E-state index contributed by atoms with van der Waals surface area (Å²) in [7, 11) is 0. The van der Waals surface area contributed by atoms with Crippen molar-refractivity contribution in [3.05, 3.63) is 0 Å². The molecule has 1 unspecified atom stereocenters. The van der Waals surface area contributed by atoms with Crippen LogP contribution in [0.4, 0.5) is 0 Å². The normalized spacial score (nSPS) is 26.5. The minimum absolute atomic E-state index is 0.201. The minimum atomic E-state index is -0.668. The van der Waals surface area contributed by atoms with E-state index >= 15 is 0 Å². The SMILES string of the molecule is CC1(CC(N)O)CCOCC1. The van der Waals surface area contributed by atoms with Crippen molar-refractivity contribution < 1.29 is 9.84 Å². The third-order valence-corrected chi connectivity index (χ3v) is 2.40. The maximum atomic E-state index is 9.01. The van der Waals surface area contributed by atoms with Crippen LogP contribution in [0.15, 0.2) is 0 Å². The smallest absolute Gasteiger partial charge is 0.102 e. The van der Waals surface area contributed by atoms with Gasteiger partial charge in [0.2, 0.25) is 0 Å². The molecule has 0 radical (unpaired) electrons. The molecule has 0 amide bonds. The van der Waals surface area contributed by atoms with Gasteiger partial charge in [-0.3, -0.25) is 0 Å². The lowest BCUT2D eigenvalue weighted by molar-refractivity contribution is -0.00262. The van der Waals surface area contributed by atoms with Crippen LogP contribution >= 0.6 is 0 Å². The van der Waals surface area contributed by atoms with E-state index in [1.165, 1.54) is 0 Å². The van der Waals surface area contributed by atoms with Crippen LogP contribution in [-0.4, -0.2) is 24.5 Å². The number of hydrogen-bond acceptors (Lipinski definition) is 3. The lowest BCUT2D eigenvalue weighted by atomic mass is 9.79. The zero-order valence-corrected chi connectivity index (χ0v) is 7.05. The highest BCUT2D eigenvalue weighted by Crippen LogP contribution is 2.33.